The Hall–Kier alpha value is -6.78. The summed E-state index contributed by atoms with van der Waals surface area (Å²) in [4.78, 5) is 2.29. The lowest BCUT2D eigenvalue weighted by atomic mass is 9.92. The number of nitrogens with zero attached hydrogens (tertiary/aromatic N) is 1. The molecule has 0 fully saturated rings. The SMILES string of the molecule is C=C/C=c1\c(=C\N(c2ccc(C)c(C)c2)c2ccc3ccc4c(Nc5cccc6c5oc5c(C)cccc56)ccc5ccc2c3c54)oc2c(C)cccc12. The number of nitrogens with one attached hydrogen (secondary N) is 1. The molecule has 0 spiro atoms. The van der Waals surface area contributed by atoms with Crippen molar-refractivity contribution in [1.82, 2.24) is 0 Å². The van der Waals surface area contributed by atoms with Gasteiger partial charge in [-0.05, 0) is 102 Å². The van der Waals surface area contributed by atoms with Crippen LogP contribution < -0.4 is 20.9 Å². The smallest absolute Gasteiger partial charge is 0.158 e. The molecule has 0 saturated carbocycles. The highest BCUT2D eigenvalue weighted by Crippen LogP contribution is 2.44. The van der Waals surface area contributed by atoms with Crippen LogP contribution >= 0.6 is 0 Å². The average Bonchev–Trinajstić information content (AvgIpc) is 3.75. The van der Waals surface area contributed by atoms with Gasteiger partial charge in [0.25, 0.3) is 0 Å². The molecule has 2 heterocycles. The second kappa shape index (κ2) is 12.1. The molecular formula is C50H38N2O2. The van der Waals surface area contributed by atoms with Gasteiger partial charge in [0.2, 0.25) is 0 Å². The van der Waals surface area contributed by atoms with Crippen LogP contribution in [0.2, 0.25) is 0 Å². The van der Waals surface area contributed by atoms with Crippen LogP contribution in [0.1, 0.15) is 22.3 Å². The molecule has 260 valence electrons. The average molecular weight is 699 g/mol. The summed E-state index contributed by atoms with van der Waals surface area (Å²) in [6.45, 7) is 12.6. The van der Waals surface area contributed by atoms with Gasteiger partial charge in [-0.15, -0.1) is 0 Å². The first-order chi connectivity index (χ1) is 26.4. The summed E-state index contributed by atoms with van der Waals surface area (Å²) in [7, 11) is 0. The van der Waals surface area contributed by atoms with Crippen molar-refractivity contribution in [3.8, 4) is 0 Å². The van der Waals surface area contributed by atoms with Crippen LogP contribution in [0, 0.1) is 27.7 Å². The molecule has 1 N–H and O–H groups in total. The van der Waals surface area contributed by atoms with Crippen LogP contribution in [0.25, 0.3) is 77.5 Å². The number of anilines is 4. The highest BCUT2D eigenvalue weighted by Gasteiger charge is 2.19. The lowest BCUT2D eigenvalue weighted by Crippen LogP contribution is -2.24. The van der Waals surface area contributed by atoms with E-state index in [1.54, 1.807) is 0 Å². The molecule has 0 radical (unpaired) electrons. The number of hydrogen-bond acceptors (Lipinski definition) is 4. The van der Waals surface area contributed by atoms with Gasteiger partial charge in [0, 0.05) is 43.5 Å². The van der Waals surface area contributed by atoms with Crippen molar-refractivity contribution in [1.29, 1.82) is 0 Å². The number of furan rings is 2. The number of rotatable bonds is 6. The van der Waals surface area contributed by atoms with Crippen molar-refractivity contribution in [2.75, 3.05) is 10.2 Å². The molecule has 4 heteroatoms. The summed E-state index contributed by atoms with van der Waals surface area (Å²) < 4.78 is 13.2. The van der Waals surface area contributed by atoms with Crippen molar-refractivity contribution in [3.63, 3.8) is 0 Å². The normalized spacial score (nSPS) is 12.7. The first kappa shape index (κ1) is 31.9. The molecule has 0 saturated heterocycles. The zero-order chi connectivity index (χ0) is 36.7. The van der Waals surface area contributed by atoms with Gasteiger partial charge in [-0.2, -0.15) is 0 Å². The van der Waals surface area contributed by atoms with E-state index in [-0.39, 0.29) is 0 Å². The van der Waals surface area contributed by atoms with Gasteiger partial charge < -0.3 is 19.1 Å². The quantitative estimate of drug-likeness (QED) is 0.176. The Morgan fingerprint density at radius 1 is 0.537 bits per heavy atom. The summed E-state index contributed by atoms with van der Waals surface area (Å²) in [5.74, 6) is 0. The molecule has 2 aromatic heterocycles. The second-order valence-electron chi connectivity index (χ2n) is 14.5. The largest absolute Gasteiger partial charge is 0.454 e. The summed E-state index contributed by atoms with van der Waals surface area (Å²) >= 11 is 0. The van der Waals surface area contributed by atoms with E-state index < -0.39 is 0 Å². The number of benzene rings is 8. The van der Waals surface area contributed by atoms with E-state index >= 15 is 0 Å². The van der Waals surface area contributed by atoms with Gasteiger partial charge in [0.15, 0.2) is 11.0 Å². The van der Waals surface area contributed by atoms with Crippen molar-refractivity contribution < 1.29 is 8.83 Å². The lowest BCUT2D eigenvalue weighted by Gasteiger charge is -2.25. The van der Waals surface area contributed by atoms with E-state index in [0.717, 1.165) is 88.2 Å². The third kappa shape index (κ3) is 4.84. The fraction of sp³-hybridized carbons (Fsp3) is 0.0800. The first-order valence-corrected chi connectivity index (χ1v) is 18.5. The second-order valence-corrected chi connectivity index (χ2v) is 14.5. The van der Waals surface area contributed by atoms with E-state index in [2.05, 4.69) is 172 Å². The summed E-state index contributed by atoms with van der Waals surface area (Å²) in [5.41, 5.74) is 12.3. The Balaban J connectivity index is 1.20. The van der Waals surface area contributed by atoms with Crippen LogP contribution in [0.4, 0.5) is 22.7 Å². The molecular weight excluding hydrogens is 661 g/mol. The number of para-hydroxylation sites is 3. The number of hydrogen-bond donors (Lipinski definition) is 1. The molecule has 0 atom stereocenters. The Morgan fingerprint density at radius 3 is 1.94 bits per heavy atom. The lowest BCUT2D eigenvalue weighted by molar-refractivity contribution is 0.572. The Labute approximate surface area is 312 Å². The van der Waals surface area contributed by atoms with E-state index in [1.807, 2.05) is 12.2 Å². The minimum absolute atomic E-state index is 0.782. The van der Waals surface area contributed by atoms with Gasteiger partial charge in [0.05, 0.1) is 17.6 Å². The summed E-state index contributed by atoms with van der Waals surface area (Å²) in [6, 6.07) is 43.5. The molecule has 0 bridgehead atoms. The summed E-state index contributed by atoms with van der Waals surface area (Å²) in [5, 5.41) is 15.3. The molecule has 54 heavy (non-hydrogen) atoms. The third-order valence-corrected chi connectivity index (χ3v) is 11.2. The Kier molecular flexibility index (Phi) is 7.18. The number of fused-ring (bicyclic) bond motifs is 4. The maximum absolute atomic E-state index is 6.67. The van der Waals surface area contributed by atoms with Crippen molar-refractivity contribution in [2.24, 2.45) is 0 Å². The van der Waals surface area contributed by atoms with Gasteiger partial charge >= 0.3 is 0 Å². The molecule has 0 unspecified atom stereocenters. The van der Waals surface area contributed by atoms with E-state index in [4.69, 9.17) is 8.83 Å². The maximum atomic E-state index is 6.67. The molecule has 4 nitrogen and oxygen atoms in total. The van der Waals surface area contributed by atoms with Crippen molar-refractivity contribution >= 4 is 100 Å². The van der Waals surface area contributed by atoms with Gasteiger partial charge in [-0.25, -0.2) is 0 Å². The Morgan fingerprint density at radius 2 is 1.19 bits per heavy atom. The molecule has 8 aromatic carbocycles. The highest BCUT2D eigenvalue weighted by molar-refractivity contribution is 6.28. The van der Waals surface area contributed by atoms with Crippen molar-refractivity contribution in [2.45, 2.75) is 27.7 Å². The predicted octanol–water partition coefficient (Wildman–Crippen LogP) is 12.7. The van der Waals surface area contributed by atoms with Crippen LogP contribution in [-0.2, 0) is 0 Å². The van der Waals surface area contributed by atoms with Crippen molar-refractivity contribution in [3.05, 3.63) is 167 Å². The highest BCUT2D eigenvalue weighted by atomic mass is 16.3. The molecule has 10 rings (SSSR count). The zero-order valence-corrected chi connectivity index (χ0v) is 30.7. The van der Waals surface area contributed by atoms with E-state index in [0.29, 0.717) is 0 Å². The molecule has 0 amide bonds. The van der Waals surface area contributed by atoms with Crippen LogP contribution in [0.3, 0.4) is 0 Å². The van der Waals surface area contributed by atoms with E-state index in [9.17, 15) is 0 Å². The monoisotopic (exact) mass is 698 g/mol. The molecule has 0 aliphatic heterocycles. The fourth-order valence-corrected chi connectivity index (χ4v) is 8.27. The number of aryl methyl sites for hydroxylation is 4. The van der Waals surface area contributed by atoms with Crippen LogP contribution in [0.15, 0.2) is 143 Å². The third-order valence-electron chi connectivity index (χ3n) is 11.2. The molecule has 10 aromatic rings. The van der Waals surface area contributed by atoms with E-state index in [1.165, 1.54) is 32.7 Å². The van der Waals surface area contributed by atoms with Gasteiger partial charge in [-0.3, -0.25) is 0 Å². The number of allylic oxidation sites excluding steroid dienone is 1. The molecule has 0 aliphatic carbocycles. The Bertz CT molecular complexity index is 3270. The van der Waals surface area contributed by atoms with Gasteiger partial charge in [-0.1, -0.05) is 110 Å². The van der Waals surface area contributed by atoms with Gasteiger partial charge in [0.1, 0.15) is 11.2 Å². The van der Waals surface area contributed by atoms with Crippen LogP contribution in [-0.4, -0.2) is 0 Å². The zero-order valence-electron chi connectivity index (χ0n) is 30.7. The fourth-order valence-electron chi connectivity index (χ4n) is 8.27. The topological polar surface area (TPSA) is 41.5 Å². The van der Waals surface area contributed by atoms with Crippen LogP contribution in [0.5, 0.6) is 0 Å². The standard InChI is InChI=1S/C50H38N2O2/c1-6-10-36-37-13-7-11-30(3)48(37)53-45(36)28-52(35-22-17-29(2)32(5)27-35)44-26-21-34-18-23-40-42(25-20-33-19-24-41(44)47(34)46(33)40)51-43-16-9-15-39-38-14-8-12-31(4)49(38)54-50(39)43/h6-28,51H,1H2,2-5H3/b36-10-,45-28-. The summed E-state index contributed by atoms with van der Waals surface area (Å²) in [6.07, 6.45) is 6.02. The predicted molar refractivity (Wildman–Crippen MR) is 229 cm³/mol. The first-order valence-electron chi connectivity index (χ1n) is 18.5. The minimum atomic E-state index is 0.782. The maximum Gasteiger partial charge on any atom is 0.158 e. The minimum Gasteiger partial charge on any atom is -0.454 e. The molecule has 0 aliphatic rings.